The standard InChI is InChI=1S/C51H29N3O2S/c1-2-11-31(12-3-1)49-52-50(54-51(53-49)40-17-10-16-38-36-13-4-7-18-42(36)55-47(38)40)32-23-21-30(22-24-32)34-26-27-35(48-46(34)39-15-5-8-19-43(39)56-48)33-25-28-45-41(29-33)37-14-6-9-20-44(37)57-45/h1-29H. The van der Waals surface area contributed by atoms with Crippen LogP contribution in [0.3, 0.4) is 0 Å². The molecule has 8 aromatic carbocycles. The van der Waals surface area contributed by atoms with Crippen molar-refractivity contribution in [3.05, 3.63) is 176 Å². The lowest BCUT2D eigenvalue weighted by Gasteiger charge is -2.11. The van der Waals surface area contributed by atoms with Gasteiger partial charge in [-0.15, -0.1) is 11.3 Å². The molecule has 4 heterocycles. The van der Waals surface area contributed by atoms with Crippen LogP contribution in [0.2, 0.25) is 0 Å². The third-order valence-corrected chi connectivity index (χ3v) is 12.1. The summed E-state index contributed by atoms with van der Waals surface area (Å²) < 4.78 is 15.7. The first kappa shape index (κ1) is 31.9. The second-order valence-electron chi connectivity index (χ2n) is 14.3. The van der Waals surface area contributed by atoms with Crippen molar-refractivity contribution in [2.75, 3.05) is 0 Å². The molecule has 6 heteroatoms. The summed E-state index contributed by atoms with van der Waals surface area (Å²) in [5, 5.41) is 6.82. The number of furan rings is 2. The van der Waals surface area contributed by atoms with Crippen LogP contribution in [0.15, 0.2) is 185 Å². The lowest BCUT2D eigenvalue weighted by molar-refractivity contribution is 0.669. The molecule has 0 fully saturated rings. The molecule has 0 spiro atoms. The zero-order valence-electron chi connectivity index (χ0n) is 30.3. The predicted octanol–water partition coefficient (Wildman–Crippen LogP) is 14.4. The van der Waals surface area contributed by atoms with Gasteiger partial charge in [0.25, 0.3) is 0 Å². The fraction of sp³-hybridized carbons (Fsp3) is 0. The molecule has 0 bridgehead atoms. The molecule has 0 aliphatic carbocycles. The summed E-state index contributed by atoms with van der Waals surface area (Å²) in [6, 6.07) is 60.9. The van der Waals surface area contributed by atoms with Gasteiger partial charge in [0.05, 0.1) is 5.56 Å². The Bertz CT molecular complexity index is 3530. The number of aromatic nitrogens is 3. The van der Waals surface area contributed by atoms with E-state index in [1.807, 2.05) is 78.1 Å². The monoisotopic (exact) mass is 747 g/mol. The maximum absolute atomic E-state index is 6.70. The van der Waals surface area contributed by atoms with Gasteiger partial charge in [0.2, 0.25) is 0 Å². The number of hydrogen-bond donors (Lipinski definition) is 0. The molecule has 4 aromatic heterocycles. The van der Waals surface area contributed by atoms with Crippen molar-refractivity contribution in [3.8, 4) is 56.4 Å². The smallest absolute Gasteiger partial charge is 0.167 e. The molecule has 266 valence electrons. The fourth-order valence-electron chi connectivity index (χ4n) is 8.25. The van der Waals surface area contributed by atoms with Crippen molar-refractivity contribution in [1.29, 1.82) is 0 Å². The van der Waals surface area contributed by atoms with Crippen LogP contribution in [0.1, 0.15) is 0 Å². The van der Waals surface area contributed by atoms with Crippen molar-refractivity contribution in [2.24, 2.45) is 0 Å². The summed E-state index contributed by atoms with van der Waals surface area (Å²) in [6.07, 6.45) is 0. The summed E-state index contributed by atoms with van der Waals surface area (Å²) in [5.74, 6) is 1.75. The molecule has 0 saturated carbocycles. The van der Waals surface area contributed by atoms with Crippen molar-refractivity contribution in [2.45, 2.75) is 0 Å². The van der Waals surface area contributed by atoms with E-state index in [1.165, 1.54) is 20.2 Å². The predicted molar refractivity (Wildman–Crippen MR) is 234 cm³/mol. The van der Waals surface area contributed by atoms with Crippen LogP contribution in [0, 0.1) is 0 Å². The highest BCUT2D eigenvalue weighted by molar-refractivity contribution is 7.25. The summed E-state index contributed by atoms with van der Waals surface area (Å²) in [4.78, 5) is 15.1. The number of fused-ring (bicyclic) bond motifs is 9. The van der Waals surface area contributed by atoms with Crippen molar-refractivity contribution in [1.82, 2.24) is 15.0 Å². The van der Waals surface area contributed by atoms with Crippen LogP contribution in [-0.4, -0.2) is 15.0 Å². The first-order valence-electron chi connectivity index (χ1n) is 18.9. The van der Waals surface area contributed by atoms with E-state index < -0.39 is 0 Å². The van der Waals surface area contributed by atoms with Gasteiger partial charge in [0.15, 0.2) is 17.5 Å². The normalized spacial score (nSPS) is 11.9. The molecule has 12 aromatic rings. The van der Waals surface area contributed by atoms with E-state index >= 15 is 0 Å². The number of thiophene rings is 1. The third kappa shape index (κ3) is 5.12. The molecule has 0 unspecified atom stereocenters. The Morgan fingerprint density at radius 1 is 0.333 bits per heavy atom. The Morgan fingerprint density at radius 2 is 0.912 bits per heavy atom. The van der Waals surface area contributed by atoms with Crippen LogP contribution in [0.4, 0.5) is 0 Å². The summed E-state index contributed by atoms with van der Waals surface area (Å²) in [7, 11) is 0. The van der Waals surface area contributed by atoms with E-state index in [9.17, 15) is 0 Å². The SMILES string of the molecule is c1ccc(-c2nc(-c3ccc(-c4ccc(-c5ccc6sc7ccccc7c6c5)c5oc6ccccc6c45)cc3)nc(-c3cccc4c3oc3ccccc34)n2)cc1. The van der Waals surface area contributed by atoms with E-state index in [4.69, 9.17) is 23.8 Å². The molecule has 0 aliphatic heterocycles. The first-order chi connectivity index (χ1) is 28.2. The lowest BCUT2D eigenvalue weighted by atomic mass is 9.93. The van der Waals surface area contributed by atoms with Gasteiger partial charge in [0.1, 0.15) is 22.3 Å². The van der Waals surface area contributed by atoms with Crippen LogP contribution in [0.5, 0.6) is 0 Å². The Morgan fingerprint density at radius 3 is 1.74 bits per heavy atom. The minimum Gasteiger partial charge on any atom is -0.455 e. The molecule has 57 heavy (non-hydrogen) atoms. The number of hydrogen-bond acceptors (Lipinski definition) is 6. The average Bonchev–Trinajstić information content (AvgIpc) is 3.98. The van der Waals surface area contributed by atoms with Crippen LogP contribution < -0.4 is 0 Å². The number of rotatable bonds is 5. The summed E-state index contributed by atoms with van der Waals surface area (Å²) in [5.41, 5.74) is 10.3. The highest BCUT2D eigenvalue weighted by atomic mass is 32.1. The van der Waals surface area contributed by atoms with E-state index in [0.29, 0.717) is 17.5 Å². The van der Waals surface area contributed by atoms with Gasteiger partial charge in [-0.2, -0.15) is 0 Å². The van der Waals surface area contributed by atoms with E-state index in [0.717, 1.165) is 82.8 Å². The largest absolute Gasteiger partial charge is 0.455 e. The van der Waals surface area contributed by atoms with Crippen LogP contribution in [0.25, 0.3) is 120 Å². The van der Waals surface area contributed by atoms with E-state index in [-0.39, 0.29) is 0 Å². The molecule has 0 N–H and O–H groups in total. The molecular weight excluding hydrogens is 719 g/mol. The lowest BCUT2D eigenvalue weighted by Crippen LogP contribution is -2.00. The van der Waals surface area contributed by atoms with Crippen LogP contribution >= 0.6 is 11.3 Å². The van der Waals surface area contributed by atoms with Crippen molar-refractivity contribution >= 4 is 75.4 Å². The molecule has 0 saturated heterocycles. The second kappa shape index (κ2) is 12.6. The van der Waals surface area contributed by atoms with Gasteiger partial charge in [-0.05, 0) is 59.2 Å². The van der Waals surface area contributed by atoms with Gasteiger partial charge in [-0.25, -0.2) is 15.0 Å². The van der Waals surface area contributed by atoms with Crippen molar-refractivity contribution in [3.63, 3.8) is 0 Å². The molecule has 12 rings (SSSR count). The number of para-hydroxylation sites is 3. The summed E-state index contributed by atoms with van der Waals surface area (Å²) >= 11 is 1.83. The fourth-order valence-corrected chi connectivity index (χ4v) is 9.34. The van der Waals surface area contributed by atoms with Gasteiger partial charge in [-0.3, -0.25) is 0 Å². The minimum absolute atomic E-state index is 0.559. The summed E-state index contributed by atoms with van der Waals surface area (Å²) in [6.45, 7) is 0. The molecule has 0 amide bonds. The Hall–Kier alpha value is -7.41. The van der Waals surface area contributed by atoms with Crippen LogP contribution in [-0.2, 0) is 0 Å². The molecule has 0 atom stereocenters. The molecule has 0 radical (unpaired) electrons. The maximum Gasteiger partial charge on any atom is 0.167 e. The third-order valence-electron chi connectivity index (χ3n) is 11.0. The van der Waals surface area contributed by atoms with E-state index in [1.54, 1.807) is 0 Å². The van der Waals surface area contributed by atoms with E-state index in [2.05, 4.69) is 109 Å². The van der Waals surface area contributed by atoms with Gasteiger partial charge < -0.3 is 8.83 Å². The quantitative estimate of drug-likeness (QED) is 0.175. The molecule has 5 nitrogen and oxygen atoms in total. The average molecular weight is 748 g/mol. The van der Waals surface area contributed by atoms with Gasteiger partial charge in [0, 0.05) is 58.4 Å². The van der Waals surface area contributed by atoms with Crippen molar-refractivity contribution < 1.29 is 8.83 Å². The molecular formula is C51H29N3O2S. The zero-order chi connectivity index (χ0) is 37.5. The van der Waals surface area contributed by atoms with Gasteiger partial charge >= 0.3 is 0 Å². The number of nitrogens with zero attached hydrogens (tertiary/aromatic N) is 3. The Kier molecular flexibility index (Phi) is 7.03. The molecule has 0 aliphatic rings. The highest BCUT2D eigenvalue weighted by Crippen LogP contribution is 2.44. The Labute approximate surface area is 330 Å². The first-order valence-corrected chi connectivity index (χ1v) is 19.7. The number of benzene rings is 8. The zero-order valence-corrected chi connectivity index (χ0v) is 31.1. The topological polar surface area (TPSA) is 65.0 Å². The Balaban J connectivity index is 0.994. The highest BCUT2D eigenvalue weighted by Gasteiger charge is 2.20. The minimum atomic E-state index is 0.559. The second-order valence-corrected chi connectivity index (χ2v) is 15.4. The maximum atomic E-state index is 6.70. The van der Waals surface area contributed by atoms with Gasteiger partial charge in [-0.1, -0.05) is 133 Å².